The molecule has 0 radical (unpaired) electrons. The number of tetrazole rings is 1. The molecule has 0 saturated carbocycles. The van der Waals surface area contributed by atoms with E-state index < -0.39 is 24.4 Å². The van der Waals surface area contributed by atoms with Gasteiger partial charge in [0.1, 0.15) is 17.8 Å². The predicted molar refractivity (Wildman–Crippen MR) is 102 cm³/mol. The number of ketones is 1. The molecule has 0 aliphatic carbocycles. The molecule has 0 amide bonds. The number of methoxy groups -OCH3 is 2. The van der Waals surface area contributed by atoms with Crippen LogP contribution in [0.3, 0.4) is 0 Å². The number of carbonyl (C=O) groups excluding carboxylic acids is 2. The first-order valence-electron chi connectivity index (χ1n) is 8.80. The van der Waals surface area contributed by atoms with E-state index in [0.29, 0.717) is 17.9 Å². The maximum atomic E-state index is 12.7. The second-order valence-electron chi connectivity index (χ2n) is 6.09. The van der Waals surface area contributed by atoms with E-state index in [1.807, 2.05) is 30.3 Å². The highest BCUT2D eigenvalue weighted by Gasteiger charge is 2.25. The Kier molecular flexibility index (Phi) is 6.51. The first-order chi connectivity index (χ1) is 14.1. The first kappa shape index (κ1) is 20.0. The minimum atomic E-state index is -0.799. The molecule has 29 heavy (non-hydrogen) atoms. The molecule has 9 nitrogen and oxygen atoms in total. The maximum absolute atomic E-state index is 12.7. The molecule has 0 unspecified atom stereocenters. The van der Waals surface area contributed by atoms with Crippen molar-refractivity contribution in [3.63, 3.8) is 0 Å². The third-order valence-electron chi connectivity index (χ3n) is 4.28. The standard InChI is InChI=1S/C20H20N4O5/c1-27-15-8-9-19(28-2)16(11-15)18(25)12-29-20(26)17(24-13-21-22-23-24)10-14-6-4-3-5-7-14/h3-9,11,13,17H,10,12H2,1-2H3/t17-/m0/s1. The molecule has 0 saturated heterocycles. The van der Waals surface area contributed by atoms with Crippen molar-refractivity contribution in [3.8, 4) is 11.5 Å². The molecule has 2 aromatic carbocycles. The summed E-state index contributed by atoms with van der Waals surface area (Å²) in [5, 5.41) is 11.0. The van der Waals surface area contributed by atoms with Crippen molar-refractivity contribution in [2.24, 2.45) is 0 Å². The van der Waals surface area contributed by atoms with Crippen LogP contribution in [0.2, 0.25) is 0 Å². The lowest BCUT2D eigenvalue weighted by Crippen LogP contribution is -2.27. The molecule has 0 aliphatic rings. The highest BCUT2D eigenvalue weighted by molar-refractivity contribution is 6.00. The van der Waals surface area contributed by atoms with Gasteiger partial charge in [-0.25, -0.2) is 9.48 Å². The summed E-state index contributed by atoms with van der Waals surface area (Å²) in [6, 6.07) is 13.4. The Bertz CT molecular complexity index is 960. The van der Waals surface area contributed by atoms with Crippen molar-refractivity contribution in [1.29, 1.82) is 0 Å². The Morgan fingerprint density at radius 2 is 1.86 bits per heavy atom. The summed E-state index contributed by atoms with van der Waals surface area (Å²) in [7, 11) is 2.95. The van der Waals surface area contributed by atoms with Crippen LogP contribution >= 0.6 is 0 Å². The number of esters is 1. The van der Waals surface area contributed by atoms with Crippen molar-refractivity contribution in [2.75, 3.05) is 20.8 Å². The van der Waals surface area contributed by atoms with Gasteiger partial charge in [0, 0.05) is 6.42 Å². The third kappa shape index (κ3) is 4.95. The van der Waals surface area contributed by atoms with Crippen molar-refractivity contribution in [3.05, 3.63) is 66.0 Å². The van der Waals surface area contributed by atoms with Gasteiger partial charge in [0.2, 0.25) is 5.78 Å². The van der Waals surface area contributed by atoms with Crippen LogP contribution in [0.25, 0.3) is 0 Å². The number of aromatic nitrogens is 4. The molecular formula is C20H20N4O5. The van der Waals surface area contributed by atoms with Crippen LogP contribution in [0.1, 0.15) is 22.0 Å². The smallest absolute Gasteiger partial charge is 0.331 e. The van der Waals surface area contributed by atoms with E-state index in [1.54, 1.807) is 12.1 Å². The number of rotatable bonds is 9. The Morgan fingerprint density at radius 3 is 2.52 bits per heavy atom. The Hall–Kier alpha value is -3.75. The zero-order chi connectivity index (χ0) is 20.6. The Labute approximate surface area is 167 Å². The molecule has 3 rings (SSSR count). The van der Waals surface area contributed by atoms with E-state index in [9.17, 15) is 9.59 Å². The van der Waals surface area contributed by atoms with Crippen LogP contribution in [-0.4, -0.2) is 52.8 Å². The zero-order valence-electron chi connectivity index (χ0n) is 16.0. The van der Waals surface area contributed by atoms with E-state index >= 15 is 0 Å². The SMILES string of the molecule is COc1ccc(OC)c(C(=O)COC(=O)[C@H](Cc2ccccc2)n2cnnn2)c1. The first-order valence-corrected chi connectivity index (χ1v) is 8.80. The minimum absolute atomic E-state index is 0.265. The number of ether oxygens (including phenoxy) is 3. The third-order valence-corrected chi connectivity index (χ3v) is 4.28. The second kappa shape index (κ2) is 9.45. The normalized spacial score (nSPS) is 11.5. The largest absolute Gasteiger partial charge is 0.497 e. The van der Waals surface area contributed by atoms with Crippen molar-refractivity contribution >= 4 is 11.8 Å². The average molecular weight is 396 g/mol. The van der Waals surface area contributed by atoms with Crippen molar-refractivity contribution < 1.29 is 23.8 Å². The number of nitrogens with zero attached hydrogens (tertiary/aromatic N) is 4. The highest BCUT2D eigenvalue weighted by atomic mass is 16.5. The molecule has 0 aliphatic heterocycles. The summed E-state index contributed by atoms with van der Waals surface area (Å²) in [4.78, 5) is 25.3. The van der Waals surface area contributed by atoms with E-state index in [1.165, 1.54) is 31.3 Å². The fourth-order valence-corrected chi connectivity index (χ4v) is 2.78. The fourth-order valence-electron chi connectivity index (χ4n) is 2.78. The van der Waals surface area contributed by atoms with Crippen molar-refractivity contribution in [2.45, 2.75) is 12.5 Å². The van der Waals surface area contributed by atoms with Gasteiger partial charge in [0.15, 0.2) is 12.6 Å². The van der Waals surface area contributed by atoms with Gasteiger partial charge < -0.3 is 14.2 Å². The van der Waals surface area contributed by atoms with Crippen LogP contribution < -0.4 is 9.47 Å². The number of Topliss-reactive ketones (excluding diaryl/α,β-unsaturated/α-hetero) is 1. The van der Waals surface area contributed by atoms with Gasteiger partial charge >= 0.3 is 5.97 Å². The topological polar surface area (TPSA) is 105 Å². The minimum Gasteiger partial charge on any atom is -0.497 e. The zero-order valence-corrected chi connectivity index (χ0v) is 16.0. The number of carbonyl (C=O) groups is 2. The summed E-state index contributed by atoms with van der Waals surface area (Å²) >= 11 is 0. The van der Waals surface area contributed by atoms with Crippen LogP contribution in [0.5, 0.6) is 11.5 Å². The lowest BCUT2D eigenvalue weighted by Gasteiger charge is -2.16. The molecule has 0 spiro atoms. The number of hydrogen-bond donors (Lipinski definition) is 0. The lowest BCUT2D eigenvalue weighted by molar-refractivity contribution is -0.146. The molecule has 3 aromatic rings. The van der Waals surface area contributed by atoms with Gasteiger partial charge in [-0.3, -0.25) is 4.79 Å². The summed E-state index contributed by atoms with van der Waals surface area (Å²) in [6.45, 7) is -0.449. The van der Waals surface area contributed by atoms with E-state index in [-0.39, 0.29) is 5.56 Å². The van der Waals surface area contributed by atoms with E-state index in [2.05, 4.69) is 15.5 Å². The van der Waals surface area contributed by atoms with Crippen LogP contribution in [0.15, 0.2) is 54.9 Å². The highest BCUT2D eigenvalue weighted by Crippen LogP contribution is 2.24. The van der Waals surface area contributed by atoms with E-state index in [0.717, 1.165) is 5.56 Å². The lowest BCUT2D eigenvalue weighted by atomic mass is 10.1. The second-order valence-corrected chi connectivity index (χ2v) is 6.09. The number of benzene rings is 2. The van der Waals surface area contributed by atoms with Crippen LogP contribution in [-0.2, 0) is 16.0 Å². The van der Waals surface area contributed by atoms with Crippen LogP contribution in [0.4, 0.5) is 0 Å². The monoisotopic (exact) mass is 396 g/mol. The molecular weight excluding hydrogens is 376 g/mol. The van der Waals surface area contributed by atoms with Gasteiger partial charge in [-0.2, -0.15) is 0 Å². The van der Waals surface area contributed by atoms with Gasteiger partial charge in [-0.1, -0.05) is 30.3 Å². The molecule has 150 valence electrons. The molecule has 1 atom stereocenters. The average Bonchev–Trinajstić information content (AvgIpc) is 3.30. The fraction of sp³-hybridized carbons (Fsp3) is 0.250. The van der Waals surface area contributed by atoms with Crippen molar-refractivity contribution in [1.82, 2.24) is 20.2 Å². The summed E-state index contributed by atoms with van der Waals surface area (Å²) in [6.07, 6.45) is 1.66. The molecule has 1 heterocycles. The van der Waals surface area contributed by atoms with Gasteiger partial charge in [-0.05, 0) is 34.2 Å². The quantitative estimate of drug-likeness (QED) is 0.399. The Balaban J connectivity index is 1.72. The molecule has 1 aromatic heterocycles. The molecule has 9 heteroatoms. The van der Waals surface area contributed by atoms with Crippen LogP contribution in [0, 0.1) is 0 Å². The van der Waals surface area contributed by atoms with E-state index in [4.69, 9.17) is 14.2 Å². The summed E-state index contributed by atoms with van der Waals surface area (Å²) in [5.41, 5.74) is 1.17. The Morgan fingerprint density at radius 1 is 1.07 bits per heavy atom. The molecule has 0 fully saturated rings. The predicted octanol–water partition coefficient (Wildman–Crippen LogP) is 1.90. The molecule has 0 N–H and O–H groups in total. The maximum Gasteiger partial charge on any atom is 0.331 e. The summed E-state index contributed by atoms with van der Waals surface area (Å²) < 4.78 is 17.0. The van der Waals surface area contributed by atoms with Gasteiger partial charge in [0.25, 0.3) is 0 Å². The van der Waals surface area contributed by atoms with Gasteiger partial charge in [-0.15, -0.1) is 5.10 Å². The van der Waals surface area contributed by atoms with Gasteiger partial charge in [0.05, 0.1) is 19.8 Å². The molecule has 0 bridgehead atoms. The number of hydrogen-bond acceptors (Lipinski definition) is 8. The summed E-state index contributed by atoms with van der Waals surface area (Å²) in [5.74, 6) is -0.162.